The molecule has 0 atom stereocenters. The first-order valence-corrected chi connectivity index (χ1v) is 7.94. The van der Waals surface area contributed by atoms with Gasteiger partial charge in [0.1, 0.15) is 17.4 Å². The minimum Gasteiger partial charge on any atom is -0.495 e. The predicted octanol–water partition coefficient (Wildman–Crippen LogP) is 3.31. The Morgan fingerprint density at radius 3 is 2.70 bits per heavy atom. The highest BCUT2D eigenvalue weighted by Crippen LogP contribution is 2.24. The summed E-state index contributed by atoms with van der Waals surface area (Å²) in [5.74, 6) is 0.151. The molecule has 0 aromatic heterocycles. The van der Waals surface area contributed by atoms with Gasteiger partial charge in [-0.05, 0) is 25.0 Å². The summed E-state index contributed by atoms with van der Waals surface area (Å²) >= 11 is 0. The Hall–Kier alpha value is -2.48. The molecule has 1 aromatic rings. The Bertz CT molecular complexity index is 613. The topological polar surface area (TPSA) is 65.4 Å². The number of rotatable bonds is 5. The van der Waals surface area contributed by atoms with Crippen molar-refractivity contribution in [1.82, 2.24) is 4.90 Å². The first-order chi connectivity index (χ1) is 11.2. The SMILES string of the molecule is COc1ccccc1NC(=O)/C(C#N)=C\N(C)C1CCCCC1. The van der Waals surface area contributed by atoms with Crippen molar-refractivity contribution in [3.8, 4) is 11.8 Å². The Morgan fingerprint density at radius 2 is 2.04 bits per heavy atom. The molecule has 1 N–H and O–H groups in total. The van der Waals surface area contributed by atoms with Crippen LogP contribution in [0.15, 0.2) is 36.0 Å². The zero-order valence-corrected chi connectivity index (χ0v) is 13.7. The van der Waals surface area contributed by atoms with E-state index in [4.69, 9.17) is 4.74 Å². The largest absolute Gasteiger partial charge is 0.495 e. The number of methoxy groups -OCH3 is 1. The summed E-state index contributed by atoms with van der Waals surface area (Å²) in [5.41, 5.74) is 0.658. The van der Waals surface area contributed by atoms with Gasteiger partial charge >= 0.3 is 0 Å². The van der Waals surface area contributed by atoms with Gasteiger partial charge < -0.3 is 15.0 Å². The van der Waals surface area contributed by atoms with Crippen molar-refractivity contribution in [3.05, 3.63) is 36.0 Å². The predicted molar refractivity (Wildman–Crippen MR) is 90.0 cm³/mol. The van der Waals surface area contributed by atoms with Crippen molar-refractivity contribution >= 4 is 11.6 Å². The third kappa shape index (κ3) is 4.49. The second-order valence-electron chi connectivity index (χ2n) is 5.77. The molecule has 1 aromatic carbocycles. The first-order valence-electron chi connectivity index (χ1n) is 7.94. The molecule has 0 unspecified atom stereocenters. The van der Waals surface area contributed by atoms with Crippen LogP contribution in [0.4, 0.5) is 5.69 Å². The molecule has 1 saturated carbocycles. The summed E-state index contributed by atoms with van der Waals surface area (Å²) < 4.78 is 5.21. The highest BCUT2D eigenvalue weighted by atomic mass is 16.5. The molecule has 2 rings (SSSR count). The number of carbonyl (C=O) groups excluding carboxylic acids is 1. The summed E-state index contributed by atoms with van der Waals surface area (Å²) in [6.07, 6.45) is 7.56. The van der Waals surface area contributed by atoms with Crippen LogP contribution in [0.2, 0.25) is 0 Å². The van der Waals surface area contributed by atoms with E-state index in [0.29, 0.717) is 17.5 Å². The Balaban J connectivity index is 2.08. The van der Waals surface area contributed by atoms with E-state index in [1.807, 2.05) is 30.1 Å². The van der Waals surface area contributed by atoms with Gasteiger partial charge in [-0.15, -0.1) is 0 Å². The average Bonchev–Trinajstić information content (AvgIpc) is 2.60. The quantitative estimate of drug-likeness (QED) is 0.669. The molecule has 0 radical (unpaired) electrons. The van der Waals surface area contributed by atoms with Crippen molar-refractivity contribution < 1.29 is 9.53 Å². The normalized spacial score (nSPS) is 15.6. The van der Waals surface area contributed by atoms with Crippen LogP contribution in [0.1, 0.15) is 32.1 Å². The molecule has 23 heavy (non-hydrogen) atoms. The van der Waals surface area contributed by atoms with E-state index in [1.54, 1.807) is 25.4 Å². The maximum Gasteiger partial charge on any atom is 0.267 e. The molecule has 1 aliphatic rings. The van der Waals surface area contributed by atoms with Crippen molar-refractivity contribution in [2.24, 2.45) is 0 Å². The van der Waals surface area contributed by atoms with Crippen LogP contribution < -0.4 is 10.1 Å². The van der Waals surface area contributed by atoms with E-state index in [9.17, 15) is 10.1 Å². The number of hydrogen-bond donors (Lipinski definition) is 1. The average molecular weight is 313 g/mol. The van der Waals surface area contributed by atoms with Gasteiger partial charge in [-0.1, -0.05) is 31.4 Å². The van der Waals surface area contributed by atoms with Gasteiger partial charge in [0, 0.05) is 19.3 Å². The zero-order valence-electron chi connectivity index (χ0n) is 13.7. The lowest BCUT2D eigenvalue weighted by Gasteiger charge is -2.30. The molecular formula is C18H23N3O2. The lowest BCUT2D eigenvalue weighted by molar-refractivity contribution is -0.112. The standard InChI is InChI=1S/C18H23N3O2/c1-21(15-8-4-3-5-9-15)13-14(12-19)18(22)20-16-10-6-7-11-17(16)23-2/h6-7,10-11,13,15H,3-5,8-9H2,1-2H3,(H,20,22)/b14-13-. The van der Waals surface area contributed by atoms with Crippen LogP contribution in [0.3, 0.4) is 0 Å². The monoisotopic (exact) mass is 313 g/mol. The number of carbonyl (C=O) groups is 1. The highest BCUT2D eigenvalue weighted by Gasteiger charge is 2.18. The number of nitriles is 1. The van der Waals surface area contributed by atoms with Crippen LogP contribution >= 0.6 is 0 Å². The van der Waals surface area contributed by atoms with E-state index in [-0.39, 0.29) is 5.57 Å². The van der Waals surface area contributed by atoms with Gasteiger partial charge in [-0.3, -0.25) is 4.79 Å². The van der Waals surface area contributed by atoms with Crippen LogP contribution in [0, 0.1) is 11.3 Å². The minimum atomic E-state index is -0.417. The lowest BCUT2D eigenvalue weighted by Crippen LogP contribution is -2.30. The number of anilines is 1. The second-order valence-corrected chi connectivity index (χ2v) is 5.77. The molecule has 5 nitrogen and oxygen atoms in total. The van der Waals surface area contributed by atoms with Gasteiger partial charge in [-0.2, -0.15) is 5.26 Å². The molecule has 1 aliphatic carbocycles. The highest BCUT2D eigenvalue weighted by molar-refractivity contribution is 6.07. The number of nitrogens with one attached hydrogen (secondary N) is 1. The Morgan fingerprint density at radius 1 is 1.35 bits per heavy atom. The van der Waals surface area contributed by atoms with Crippen molar-refractivity contribution in [1.29, 1.82) is 5.26 Å². The maximum absolute atomic E-state index is 12.3. The summed E-state index contributed by atoms with van der Waals surface area (Å²) in [5, 5.41) is 12.1. The molecule has 0 aliphatic heterocycles. The summed E-state index contributed by atoms with van der Waals surface area (Å²) in [6.45, 7) is 0. The fourth-order valence-electron chi connectivity index (χ4n) is 2.87. The molecule has 122 valence electrons. The van der Waals surface area contributed by atoms with Crippen LogP contribution in [0.25, 0.3) is 0 Å². The lowest BCUT2D eigenvalue weighted by atomic mass is 9.94. The fraction of sp³-hybridized carbons (Fsp3) is 0.444. The third-order valence-corrected chi connectivity index (χ3v) is 4.20. The fourth-order valence-corrected chi connectivity index (χ4v) is 2.87. The van der Waals surface area contributed by atoms with Crippen molar-refractivity contribution in [2.75, 3.05) is 19.5 Å². The summed E-state index contributed by atoms with van der Waals surface area (Å²) in [6, 6.07) is 9.55. The van der Waals surface area contributed by atoms with E-state index in [2.05, 4.69) is 5.32 Å². The summed E-state index contributed by atoms with van der Waals surface area (Å²) in [4.78, 5) is 14.3. The maximum atomic E-state index is 12.3. The molecule has 0 bridgehead atoms. The van der Waals surface area contributed by atoms with E-state index < -0.39 is 5.91 Å². The van der Waals surface area contributed by atoms with Gasteiger partial charge in [0.2, 0.25) is 0 Å². The number of nitrogens with zero attached hydrogens (tertiary/aromatic N) is 2. The van der Waals surface area contributed by atoms with E-state index >= 15 is 0 Å². The number of ether oxygens (including phenoxy) is 1. The molecule has 0 heterocycles. The summed E-state index contributed by atoms with van der Waals surface area (Å²) in [7, 11) is 3.48. The molecule has 1 fully saturated rings. The van der Waals surface area contributed by atoms with Gasteiger partial charge in [-0.25, -0.2) is 0 Å². The molecule has 1 amide bonds. The molecular weight excluding hydrogens is 290 g/mol. The van der Waals surface area contributed by atoms with Gasteiger partial charge in [0.05, 0.1) is 12.8 Å². The van der Waals surface area contributed by atoms with Crippen LogP contribution in [0.5, 0.6) is 5.75 Å². The van der Waals surface area contributed by atoms with Gasteiger partial charge in [0.15, 0.2) is 0 Å². The van der Waals surface area contributed by atoms with E-state index in [1.165, 1.54) is 19.3 Å². The van der Waals surface area contributed by atoms with Crippen LogP contribution in [-0.2, 0) is 4.79 Å². The molecule has 5 heteroatoms. The van der Waals surface area contributed by atoms with E-state index in [0.717, 1.165) is 12.8 Å². The minimum absolute atomic E-state index is 0.101. The van der Waals surface area contributed by atoms with Crippen molar-refractivity contribution in [3.63, 3.8) is 0 Å². The zero-order chi connectivity index (χ0) is 16.7. The van der Waals surface area contributed by atoms with Gasteiger partial charge in [0.25, 0.3) is 5.91 Å². The first kappa shape index (κ1) is 16.9. The second kappa shape index (κ2) is 8.23. The Kier molecular flexibility index (Phi) is 6.04. The number of benzene rings is 1. The molecule has 0 spiro atoms. The number of amides is 1. The third-order valence-electron chi connectivity index (χ3n) is 4.20. The van der Waals surface area contributed by atoms with Crippen LogP contribution in [-0.4, -0.2) is 31.0 Å². The van der Waals surface area contributed by atoms with Crippen molar-refractivity contribution in [2.45, 2.75) is 38.1 Å². The Labute approximate surface area is 137 Å². The molecule has 0 saturated heterocycles. The smallest absolute Gasteiger partial charge is 0.267 e. The number of para-hydroxylation sites is 2. The number of hydrogen-bond acceptors (Lipinski definition) is 4.